The lowest BCUT2D eigenvalue weighted by Gasteiger charge is -2.18. The summed E-state index contributed by atoms with van der Waals surface area (Å²) in [6.45, 7) is 0.818. The first-order valence-electron chi connectivity index (χ1n) is 8.19. The summed E-state index contributed by atoms with van der Waals surface area (Å²) in [4.78, 5) is 16.5. The van der Waals surface area contributed by atoms with Gasteiger partial charge in [0.05, 0.1) is 5.56 Å². The molecule has 0 spiro atoms. The number of amides is 1. The zero-order valence-corrected chi connectivity index (χ0v) is 16.2. The highest BCUT2D eigenvalue weighted by Gasteiger charge is 2.45. The number of aromatic nitrogens is 3. The van der Waals surface area contributed by atoms with Gasteiger partial charge in [-0.1, -0.05) is 45.5 Å². The zero-order valence-electron chi connectivity index (χ0n) is 13.8. The molecule has 2 heterocycles. The van der Waals surface area contributed by atoms with Gasteiger partial charge in [0.2, 0.25) is 5.13 Å². The van der Waals surface area contributed by atoms with Crippen LogP contribution in [-0.4, -0.2) is 27.6 Å². The van der Waals surface area contributed by atoms with Crippen molar-refractivity contribution in [2.75, 3.05) is 17.2 Å². The number of halogens is 1. The van der Waals surface area contributed by atoms with E-state index in [1.807, 2.05) is 12.1 Å². The van der Waals surface area contributed by atoms with Crippen LogP contribution in [0, 0.1) is 0 Å². The minimum Gasteiger partial charge on any atom is -0.369 e. The minimum atomic E-state index is -0.243. The van der Waals surface area contributed by atoms with Gasteiger partial charge in [-0.2, -0.15) is 0 Å². The molecule has 2 N–H and O–H groups in total. The summed E-state index contributed by atoms with van der Waals surface area (Å²) in [5.74, 6) is 0.517. The molecule has 1 aliphatic rings. The van der Waals surface area contributed by atoms with Crippen LogP contribution < -0.4 is 10.6 Å². The molecule has 1 saturated carbocycles. The van der Waals surface area contributed by atoms with E-state index < -0.39 is 0 Å². The highest BCUT2D eigenvalue weighted by Crippen LogP contribution is 2.50. The van der Waals surface area contributed by atoms with Crippen molar-refractivity contribution in [1.82, 2.24) is 15.2 Å². The fraction of sp³-hybridized carbons (Fsp3) is 0.222. The Labute approximate surface area is 163 Å². The van der Waals surface area contributed by atoms with Crippen LogP contribution in [0.2, 0.25) is 0 Å². The molecule has 0 atom stereocenters. The van der Waals surface area contributed by atoms with Gasteiger partial charge in [-0.25, -0.2) is 4.98 Å². The van der Waals surface area contributed by atoms with E-state index in [0.717, 1.165) is 29.7 Å². The number of carbonyl (C=O) groups is 1. The number of anilines is 2. The minimum absolute atomic E-state index is 0.162. The molecule has 1 fully saturated rings. The van der Waals surface area contributed by atoms with Crippen molar-refractivity contribution in [1.29, 1.82) is 0 Å². The fourth-order valence-corrected chi connectivity index (χ4v) is 4.02. The molecule has 3 aromatic rings. The van der Waals surface area contributed by atoms with Crippen LogP contribution in [0.15, 0.2) is 52.6 Å². The fourth-order valence-electron chi connectivity index (χ4n) is 2.87. The summed E-state index contributed by atoms with van der Waals surface area (Å²) in [7, 11) is 0. The smallest absolute Gasteiger partial charge is 0.259 e. The molecule has 0 unspecified atom stereocenters. The molecule has 0 saturated heterocycles. The SMILES string of the molecule is O=C(Nc1nncs1)c1ccc(NCC2(c3ccccc3Br)CC2)nc1. The quantitative estimate of drug-likeness (QED) is 0.616. The topological polar surface area (TPSA) is 79.8 Å². The Hall–Kier alpha value is -2.32. The van der Waals surface area contributed by atoms with E-state index in [1.54, 1.807) is 17.8 Å². The summed E-state index contributed by atoms with van der Waals surface area (Å²) in [6.07, 6.45) is 3.88. The second kappa shape index (κ2) is 7.13. The molecule has 0 bridgehead atoms. The van der Waals surface area contributed by atoms with Crippen molar-refractivity contribution < 1.29 is 4.79 Å². The average molecular weight is 430 g/mol. The van der Waals surface area contributed by atoms with E-state index in [1.165, 1.54) is 16.9 Å². The van der Waals surface area contributed by atoms with Crippen LogP contribution in [-0.2, 0) is 5.41 Å². The summed E-state index contributed by atoms with van der Waals surface area (Å²) < 4.78 is 1.15. The van der Waals surface area contributed by atoms with Crippen LogP contribution in [0.5, 0.6) is 0 Å². The molecule has 8 heteroatoms. The number of rotatable bonds is 6. The third-order valence-electron chi connectivity index (χ3n) is 4.51. The maximum absolute atomic E-state index is 12.1. The number of hydrogen-bond acceptors (Lipinski definition) is 6. The van der Waals surface area contributed by atoms with Gasteiger partial charge in [-0.3, -0.25) is 10.1 Å². The number of hydrogen-bond donors (Lipinski definition) is 2. The Morgan fingerprint density at radius 2 is 2.08 bits per heavy atom. The highest BCUT2D eigenvalue weighted by molar-refractivity contribution is 9.10. The average Bonchev–Trinajstić information content (AvgIpc) is 3.28. The summed E-state index contributed by atoms with van der Waals surface area (Å²) in [5, 5.41) is 14.1. The first-order valence-corrected chi connectivity index (χ1v) is 9.86. The van der Waals surface area contributed by atoms with Crippen molar-refractivity contribution in [3.63, 3.8) is 0 Å². The summed E-state index contributed by atoms with van der Waals surface area (Å²) in [5.41, 5.74) is 3.55. The van der Waals surface area contributed by atoms with Crippen molar-refractivity contribution in [3.8, 4) is 0 Å². The first-order chi connectivity index (χ1) is 12.7. The summed E-state index contributed by atoms with van der Waals surface area (Å²) in [6, 6.07) is 11.9. The molecule has 6 nitrogen and oxygen atoms in total. The zero-order chi connectivity index (χ0) is 18.0. The van der Waals surface area contributed by atoms with Gasteiger partial charge in [0.25, 0.3) is 5.91 Å². The Bertz CT molecular complexity index is 910. The van der Waals surface area contributed by atoms with Gasteiger partial charge >= 0.3 is 0 Å². The molecule has 1 amide bonds. The van der Waals surface area contributed by atoms with Crippen LogP contribution in [0.25, 0.3) is 0 Å². The molecule has 132 valence electrons. The van der Waals surface area contributed by atoms with Gasteiger partial charge in [0.1, 0.15) is 11.3 Å². The van der Waals surface area contributed by atoms with E-state index in [-0.39, 0.29) is 11.3 Å². The third-order valence-corrected chi connectivity index (χ3v) is 5.81. The standard InChI is InChI=1S/C18H16BrN5OS/c19-14-4-2-1-3-13(14)18(7-8-18)10-21-15-6-5-12(9-20-15)16(25)23-17-24-22-11-26-17/h1-6,9,11H,7-8,10H2,(H,20,21)(H,23,24,25). The van der Waals surface area contributed by atoms with Gasteiger partial charge < -0.3 is 5.32 Å². The van der Waals surface area contributed by atoms with Gasteiger partial charge in [0, 0.05) is 22.6 Å². The lowest BCUT2D eigenvalue weighted by atomic mass is 9.96. The van der Waals surface area contributed by atoms with Crippen LogP contribution in [0.1, 0.15) is 28.8 Å². The largest absolute Gasteiger partial charge is 0.369 e. The Morgan fingerprint density at radius 3 is 2.73 bits per heavy atom. The molecule has 4 rings (SSSR count). The van der Waals surface area contributed by atoms with Gasteiger partial charge in [0.15, 0.2) is 0 Å². The van der Waals surface area contributed by atoms with E-state index in [4.69, 9.17) is 0 Å². The predicted octanol–water partition coefficient (Wildman–Crippen LogP) is 4.09. The van der Waals surface area contributed by atoms with Crippen molar-refractivity contribution in [3.05, 3.63) is 63.7 Å². The van der Waals surface area contributed by atoms with Crippen LogP contribution in [0.4, 0.5) is 10.9 Å². The van der Waals surface area contributed by atoms with E-state index in [9.17, 15) is 4.79 Å². The normalized spacial score (nSPS) is 14.7. The van der Waals surface area contributed by atoms with Crippen LogP contribution in [0.3, 0.4) is 0 Å². The molecular formula is C18H16BrN5OS. The highest BCUT2D eigenvalue weighted by atomic mass is 79.9. The Morgan fingerprint density at radius 1 is 1.23 bits per heavy atom. The Kier molecular flexibility index (Phi) is 4.69. The lowest BCUT2D eigenvalue weighted by molar-refractivity contribution is 0.102. The molecular weight excluding hydrogens is 414 g/mol. The van der Waals surface area contributed by atoms with E-state index in [2.05, 4.69) is 59.9 Å². The summed E-state index contributed by atoms with van der Waals surface area (Å²) >= 11 is 4.93. The maximum atomic E-state index is 12.1. The number of nitrogens with zero attached hydrogens (tertiary/aromatic N) is 3. The van der Waals surface area contributed by atoms with Gasteiger partial charge in [-0.15, -0.1) is 10.2 Å². The van der Waals surface area contributed by atoms with E-state index >= 15 is 0 Å². The predicted molar refractivity (Wildman–Crippen MR) is 106 cm³/mol. The molecule has 26 heavy (non-hydrogen) atoms. The van der Waals surface area contributed by atoms with Crippen molar-refractivity contribution >= 4 is 44.1 Å². The second-order valence-electron chi connectivity index (χ2n) is 6.24. The number of benzene rings is 1. The van der Waals surface area contributed by atoms with Crippen molar-refractivity contribution in [2.45, 2.75) is 18.3 Å². The number of carbonyl (C=O) groups excluding carboxylic acids is 1. The molecule has 2 aromatic heterocycles. The molecule has 0 radical (unpaired) electrons. The lowest BCUT2D eigenvalue weighted by Crippen LogP contribution is -2.20. The molecule has 1 aromatic carbocycles. The second-order valence-corrected chi connectivity index (χ2v) is 7.93. The van der Waals surface area contributed by atoms with Crippen molar-refractivity contribution in [2.24, 2.45) is 0 Å². The number of nitrogens with one attached hydrogen (secondary N) is 2. The first kappa shape index (κ1) is 17.1. The molecule has 1 aliphatic carbocycles. The maximum Gasteiger partial charge on any atom is 0.259 e. The Balaban J connectivity index is 1.39. The number of pyridine rings is 1. The van der Waals surface area contributed by atoms with Crippen LogP contribution >= 0.6 is 27.3 Å². The van der Waals surface area contributed by atoms with Gasteiger partial charge in [-0.05, 0) is 36.6 Å². The monoisotopic (exact) mass is 429 g/mol. The third kappa shape index (κ3) is 3.61. The van der Waals surface area contributed by atoms with E-state index in [0.29, 0.717) is 10.7 Å². The molecule has 0 aliphatic heterocycles.